The average Bonchev–Trinajstić information content (AvgIpc) is 2.77. The molecule has 0 spiro atoms. The second-order valence-electron chi connectivity index (χ2n) is 4.40. The number of rotatable bonds is 6. The molecule has 0 N–H and O–H groups in total. The lowest BCUT2D eigenvalue weighted by atomic mass is 10.1. The van der Waals surface area contributed by atoms with E-state index in [1.54, 1.807) is 0 Å². The summed E-state index contributed by atoms with van der Waals surface area (Å²) in [4.78, 5) is 0. The number of aryl methyl sites for hydroxylation is 1. The summed E-state index contributed by atoms with van der Waals surface area (Å²) < 4.78 is 2.02. The van der Waals surface area contributed by atoms with Gasteiger partial charge >= 0.3 is 0 Å². The highest BCUT2D eigenvalue weighted by molar-refractivity contribution is 7.80. The van der Waals surface area contributed by atoms with Gasteiger partial charge < -0.3 is 0 Å². The molecule has 18 heavy (non-hydrogen) atoms. The molecule has 96 valence electrons. The summed E-state index contributed by atoms with van der Waals surface area (Å²) in [6, 6.07) is 10.1. The number of hydrogen-bond acceptors (Lipinski definition) is 3. The second-order valence-corrected chi connectivity index (χ2v) is 4.80. The Bertz CT molecular complexity index is 479. The van der Waals surface area contributed by atoms with Crippen LogP contribution in [0.2, 0.25) is 0 Å². The van der Waals surface area contributed by atoms with Crippen molar-refractivity contribution in [3.8, 4) is 5.69 Å². The quantitative estimate of drug-likeness (QED) is 0.635. The smallest absolute Gasteiger partial charge is 0.192 e. The molecule has 4 heteroatoms. The van der Waals surface area contributed by atoms with Gasteiger partial charge in [-0.15, -0.1) is 22.8 Å². The zero-order valence-electron chi connectivity index (χ0n) is 10.7. The van der Waals surface area contributed by atoms with E-state index in [1.807, 2.05) is 22.8 Å². The van der Waals surface area contributed by atoms with E-state index in [2.05, 4.69) is 41.9 Å². The first-order valence-electron chi connectivity index (χ1n) is 6.51. The third-order valence-electron chi connectivity index (χ3n) is 2.98. The fourth-order valence-corrected chi connectivity index (χ4v) is 2.30. The SMILES string of the molecule is CCCCCCc1nnc(S)n1-c1ccccc1. The molecule has 0 bridgehead atoms. The van der Waals surface area contributed by atoms with Crippen LogP contribution in [0.15, 0.2) is 35.5 Å². The van der Waals surface area contributed by atoms with Crippen LogP contribution in [-0.4, -0.2) is 14.8 Å². The minimum atomic E-state index is 0.659. The lowest BCUT2D eigenvalue weighted by Gasteiger charge is -2.07. The largest absolute Gasteiger partial charge is 0.274 e. The summed E-state index contributed by atoms with van der Waals surface area (Å²) in [5.41, 5.74) is 1.08. The molecule has 0 unspecified atom stereocenters. The third-order valence-corrected chi connectivity index (χ3v) is 3.27. The predicted molar refractivity (Wildman–Crippen MR) is 76.5 cm³/mol. The number of benzene rings is 1. The molecule has 1 aromatic carbocycles. The predicted octanol–water partition coefficient (Wildman–Crippen LogP) is 3.68. The van der Waals surface area contributed by atoms with Gasteiger partial charge in [-0.05, 0) is 18.6 Å². The van der Waals surface area contributed by atoms with Crippen LogP contribution >= 0.6 is 12.6 Å². The number of para-hydroxylation sites is 1. The van der Waals surface area contributed by atoms with E-state index in [0.717, 1.165) is 24.4 Å². The van der Waals surface area contributed by atoms with Crippen molar-refractivity contribution >= 4 is 12.6 Å². The molecule has 1 aromatic heterocycles. The monoisotopic (exact) mass is 261 g/mol. The molecule has 3 nitrogen and oxygen atoms in total. The van der Waals surface area contributed by atoms with Crippen molar-refractivity contribution in [2.45, 2.75) is 44.2 Å². The third kappa shape index (κ3) is 3.13. The van der Waals surface area contributed by atoms with Crippen LogP contribution in [0.4, 0.5) is 0 Å². The average molecular weight is 261 g/mol. The maximum Gasteiger partial charge on any atom is 0.192 e. The zero-order valence-corrected chi connectivity index (χ0v) is 11.6. The van der Waals surface area contributed by atoms with Gasteiger partial charge in [-0.3, -0.25) is 4.57 Å². The Morgan fingerprint density at radius 1 is 1.06 bits per heavy atom. The van der Waals surface area contributed by atoms with Gasteiger partial charge in [-0.1, -0.05) is 44.4 Å². The Morgan fingerprint density at radius 2 is 1.83 bits per heavy atom. The van der Waals surface area contributed by atoms with E-state index in [-0.39, 0.29) is 0 Å². The fourth-order valence-electron chi connectivity index (χ4n) is 2.02. The van der Waals surface area contributed by atoms with E-state index >= 15 is 0 Å². The molecule has 0 aliphatic heterocycles. The maximum absolute atomic E-state index is 4.38. The van der Waals surface area contributed by atoms with E-state index in [1.165, 1.54) is 19.3 Å². The fraction of sp³-hybridized carbons (Fsp3) is 0.429. The molecule has 2 aromatic rings. The molecule has 0 fully saturated rings. The van der Waals surface area contributed by atoms with Crippen LogP contribution in [0, 0.1) is 0 Å². The topological polar surface area (TPSA) is 30.7 Å². The summed E-state index contributed by atoms with van der Waals surface area (Å²) in [6.45, 7) is 2.22. The van der Waals surface area contributed by atoms with Gasteiger partial charge in [0, 0.05) is 12.1 Å². The molecule has 0 amide bonds. The molecule has 0 aliphatic rings. The first-order valence-corrected chi connectivity index (χ1v) is 6.96. The van der Waals surface area contributed by atoms with Crippen molar-refractivity contribution < 1.29 is 0 Å². The van der Waals surface area contributed by atoms with Crippen LogP contribution in [0.1, 0.15) is 38.4 Å². The normalized spacial score (nSPS) is 10.8. The van der Waals surface area contributed by atoms with Crippen molar-refractivity contribution in [2.75, 3.05) is 0 Å². The first kappa shape index (κ1) is 13.1. The Labute approximate surface area is 114 Å². The van der Waals surface area contributed by atoms with Gasteiger partial charge in [0.05, 0.1) is 0 Å². The Hall–Kier alpha value is -1.29. The van der Waals surface area contributed by atoms with Crippen LogP contribution in [0.25, 0.3) is 5.69 Å². The van der Waals surface area contributed by atoms with Gasteiger partial charge in [0.2, 0.25) is 0 Å². The molecule has 0 atom stereocenters. The van der Waals surface area contributed by atoms with E-state index < -0.39 is 0 Å². The molecule has 0 radical (unpaired) electrons. The van der Waals surface area contributed by atoms with Crippen molar-refractivity contribution in [1.82, 2.24) is 14.8 Å². The number of unbranched alkanes of at least 4 members (excludes halogenated alkanes) is 3. The highest BCUT2D eigenvalue weighted by atomic mass is 32.1. The highest BCUT2D eigenvalue weighted by Gasteiger charge is 2.10. The van der Waals surface area contributed by atoms with Gasteiger partial charge in [-0.25, -0.2) is 0 Å². The van der Waals surface area contributed by atoms with Crippen LogP contribution < -0.4 is 0 Å². The second kappa shape index (κ2) is 6.59. The number of aromatic nitrogens is 3. The van der Waals surface area contributed by atoms with Crippen molar-refractivity contribution in [3.63, 3.8) is 0 Å². The summed E-state index contributed by atoms with van der Waals surface area (Å²) in [5, 5.41) is 8.95. The van der Waals surface area contributed by atoms with E-state index in [4.69, 9.17) is 0 Å². The zero-order chi connectivity index (χ0) is 12.8. The molecule has 0 saturated carbocycles. The molecular weight excluding hydrogens is 242 g/mol. The van der Waals surface area contributed by atoms with Crippen molar-refractivity contribution in [1.29, 1.82) is 0 Å². The van der Waals surface area contributed by atoms with Gasteiger partial charge in [0.1, 0.15) is 5.82 Å². The first-order chi connectivity index (χ1) is 8.83. The van der Waals surface area contributed by atoms with Crippen LogP contribution in [0.3, 0.4) is 0 Å². The molecule has 0 aliphatic carbocycles. The lowest BCUT2D eigenvalue weighted by Crippen LogP contribution is -2.02. The summed E-state index contributed by atoms with van der Waals surface area (Å²) >= 11 is 4.38. The summed E-state index contributed by atoms with van der Waals surface area (Å²) in [7, 11) is 0. The van der Waals surface area contributed by atoms with E-state index in [9.17, 15) is 0 Å². The molecule has 2 rings (SSSR count). The number of thiol groups is 1. The number of hydrogen-bond donors (Lipinski definition) is 1. The Kier molecular flexibility index (Phi) is 4.81. The Morgan fingerprint density at radius 3 is 2.56 bits per heavy atom. The van der Waals surface area contributed by atoms with Gasteiger partial charge in [-0.2, -0.15) is 0 Å². The number of nitrogens with zero attached hydrogens (tertiary/aromatic N) is 3. The summed E-state index contributed by atoms with van der Waals surface area (Å²) in [5.74, 6) is 1.00. The maximum atomic E-state index is 4.38. The van der Waals surface area contributed by atoms with E-state index in [0.29, 0.717) is 5.16 Å². The van der Waals surface area contributed by atoms with Crippen molar-refractivity contribution in [3.05, 3.63) is 36.2 Å². The Balaban J connectivity index is 2.12. The van der Waals surface area contributed by atoms with Gasteiger partial charge in [0.25, 0.3) is 0 Å². The minimum Gasteiger partial charge on any atom is -0.274 e. The van der Waals surface area contributed by atoms with Gasteiger partial charge in [0.15, 0.2) is 5.16 Å². The highest BCUT2D eigenvalue weighted by Crippen LogP contribution is 2.17. The molecule has 0 saturated heterocycles. The minimum absolute atomic E-state index is 0.659. The van der Waals surface area contributed by atoms with Crippen molar-refractivity contribution in [2.24, 2.45) is 0 Å². The lowest BCUT2D eigenvalue weighted by molar-refractivity contribution is 0.644. The summed E-state index contributed by atoms with van der Waals surface area (Å²) in [6.07, 6.45) is 5.91. The molecule has 1 heterocycles. The van der Waals surface area contributed by atoms with Crippen LogP contribution in [-0.2, 0) is 6.42 Å². The molecular formula is C14H19N3S. The standard InChI is InChI=1S/C14H19N3S/c1-2-3-4-8-11-13-15-16-14(18)17(13)12-9-6-5-7-10-12/h5-7,9-10H,2-4,8,11H2,1H3,(H,16,18). The van der Waals surface area contributed by atoms with Crippen LogP contribution in [0.5, 0.6) is 0 Å².